The molecule has 0 unspecified atom stereocenters. The van der Waals surface area contributed by atoms with Gasteiger partial charge in [-0.25, -0.2) is 9.97 Å². The van der Waals surface area contributed by atoms with Crippen molar-refractivity contribution in [2.45, 2.75) is 6.61 Å². The second kappa shape index (κ2) is 3.03. The Morgan fingerprint density at radius 2 is 2.10 bits per heavy atom. The van der Waals surface area contributed by atoms with Crippen molar-refractivity contribution >= 4 is 6.29 Å². The van der Waals surface area contributed by atoms with Gasteiger partial charge >= 0.3 is 0 Å². The molecular formula is C6H6N2O2. The minimum absolute atomic E-state index is 0.195. The van der Waals surface area contributed by atoms with E-state index >= 15 is 0 Å². The second-order valence-corrected chi connectivity index (χ2v) is 1.71. The van der Waals surface area contributed by atoms with Crippen LogP contribution in [0.5, 0.6) is 0 Å². The molecular weight excluding hydrogens is 132 g/mol. The highest BCUT2D eigenvalue weighted by Crippen LogP contribution is 1.91. The van der Waals surface area contributed by atoms with Crippen molar-refractivity contribution in [2.75, 3.05) is 0 Å². The zero-order valence-corrected chi connectivity index (χ0v) is 5.19. The average molecular weight is 138 g/mol. The summed E-state index contributed by atoms with van der Waals surface area (Å²) < 4.78 is 0. The van der Waals surface area contributed by atoms with Gasteiger partial charge in [-0.3, -0.25) is 4.79 Å². The van der Waals surface area contributed by atoms with Crippen LogP contribution in [0.2, 0.25) is 0 Å². The maximum Gasteiger partial charge on any atom is 0.153 e. The average Bonchev–Trinajstić information content (AvgIpc) is 2.05. The molecule has 0 fully saturated rings. The van der Waals surface area contributed by atoms with Crippen LogP contribution in [0.4, 0.5) is 0 Å². The number of aliphatic hydroxyl groups excluding tert-OH is 1. The van der Waals surface area contributed by atoms with Crippen molar-refractivity contribution in [3.05, 3.63) is 23.8 Å². The summed E-state index contributed by atoms with van der Waals surface area (Å²) >= 11 is 0. The van der Waals surface area contributed by atoms with Crippen LogP contribution in [0, 0.1) is 0 Å². The van der Waals surface area contributed by atoms with E-state index < -0.39 is 0 Å². The number of aliphatic hydroxyl groups is 1. The third-order valence-corrected chi connectivity index (χ3v) is 1.00. The number of hydrogen-bond acceptors (Lipinski definition) is 4. The van der Waals surface area contributed by atoms with Gasteiger partial charge in [0.15, 0.2) is 12.1 Å². The summed E-state index contributed by atoms with van der Waals surface area (Å²) in [4.78, 5) is 17.4. The molecule has 0 atom stereocenters. The maximum atomic E-state index is 10.1. The fraction of sp³-hybridized carbons (Fsp3) is 0.167. The predicted molar refractivity (Wildman–Crippen MR) is 33.3 cm³/mol. The second-order valence-electron chi connectivity index (χ2n) is 1.71. The van der Waals surface area contributed by atoms with E-state index in [0.717, 1.165) is 0 Å². The van der Waals surface area contributed by atoms with E-state index in [9.17, 15) is 4.79 Å². The highest BCUT2D eigenvalue weighted by Gasteiger charge is 1.92. The van der Waals surface area contributed by atoms with Gasteiger partial charge in [0.1, 0.15) is 6.61 Å². The number of aromatic nitrogens is 2. The first-order chi connectivity index (χ1) is 4.86. The van der Waals surface area contributed by atoms with Crippen LogP contribution in [-0.2, 0) is 6.61 Å². The SMILES string of the molecule is O=Cc1cnc(CO)nc1. The quantitative estimate of drug-likeness (QED) is 0.574. The Morgan fingerprint density at radius 1 is 1.50 bits per heavy atom. The Kier molecular flexibility index (Phi) is 2.07. The molecule has 0 bridgehead atoms. The molecule has 0 spiro atoms. The van der Waals surface area contributed by atoms with Crippen LogP contribution in [0.15, 0.2) is 12.4 Å². The summed E-state index contributed by atoms with van der Waals surface area (Å²) in [6.45, 7) is -0.195. The van der Waals surface area contributed by atoms with E-state index in [4.69, 9.17) is 5.11 Å². The highest BCUT2D eigenvalue weighted by molar-refractivity contribution is 5.73. The smallest absolute Gasteiger partial charge is 0.153 e. The Balaban J connectivity index is 2.90. The minimum Gasteiger partial charge on any atom is -0.388 e. The molecule has 0 aliphatic rings. The van der Waals surface area contributed by atoms with Crippen LogP contribution in [0.1, 0.15) is 16.2 Å². The Hall–Kier alpha value is -1.29. The molecule has 1 rings (SSSR count). The topological polar surface area (TPSA) is 63.1 Å². The van der Waals surface area contributed by atoms with Gasteiger partial charge in [-0.2, -0.15) is 0 Å². The fourth-order valence-corrected chi connectivity index (χ4v) is 0.507. The molecule has 10 heavy (non-hydrogen) atoms. The number of carbonyl (C=O) groups excluding carboxylic acids is 1. The summed E-state index contributed by atoms with van der Waals surface area (Å²) in [7, 11) is 0. The van der Waals surface area contributed by atoms with E-state index in [1.54, 1.807) is 0 Å². The molecule has 1 aromatic rings. The summed E-state index contributed by atoms with van der Waals surface area (Å²) in [5.41, 5.74) is 0.414. The molecule has 0 aliphatic carbocycles. The van der Waals surface area contributed by atoms with Gasteiger partial charge in [-0.15, -0.1) is 0 Å². The van der Waals surface area contributed by atoms with Crippen molar-refractivity contribution in [3.8, 4) is 0 Å². The first kappa shape index (κ1) is 6.82. The van der Waals surface area contributed by atoms with Gasteiger partial charge in [0.2, 0.25) is 0 Å². The van der Waals surface area contributed by atoms with Crippen LogP contribution in [0.3, 0.4) is 0 Å². The molecule has 0 radical (unpaired) electrons. The molecule has 0 saturated carbocycles. The van der Waals surface area contributed by atoms with Crippen LogP contribution in [0.25, 0.3) is 0 Å². The molecule has 1 N–H and O–H groups in total. The van der Waals surface area contributed by atoms with Crippen molar-refractivity contribution in [2.24, 2.45) is 0 Å². The van der Waals surface area contributed by atoms with Crippen LogP contribution in [-0.4, -0.2) is 21.4 Å². The lowest BCUT2D eigenvalue weighted by Crippen LogP contribution is -1.94. The van der Waals surface area contributed by atoms with E-state index in [1.165, 1.54) is 12.4 Å². The van der Waals surface area contributed by atoms with E-state index in [2.05, 4.69) is 9.97 Å². The molecule has 0 saturated heterocycles. The standard InChI is InChI=1S/C6H6N2O2/c9-3-5-1-7-6(4-10)8-2-5/h1-3,10H,4H2. The van der Waals surface area contributed by atoms with Gasteiger partial charge in [0.05, 0.1) is 5.56 Å². The summed E-state index contributed by atoms with van der Waals surface area (Å²) in [5.74, 6) is 0.325. The fourth-order valence-electron chi connectivity index (χ4n) is 0.507. The first-order valence-electron chi connectivity index (χ1n) is 2.74. The molecule has 4 nitrogen and oxygen atoms in total. The van der Waals surface area contributed by atoms with Gasteiger partial charge in [0.25, 0.3) is 0 Å². The number of aldehydes is 1. The largest absolute Gasteiger partial charge is 0.388 e. The summed E-state index contributed by atoms with van der Waals surface area (Å²) in [6.07, 6.45) is 3.39. The van der Waals surface area contributed by atoms with E-state index in [1.807, 2.05) is 0 Å². The summed E-state index contributed by atoms with van der Waals surface area (Å²) in [6, 6.07) is 0. The molecule has 1 heterocycles. The lowest BCUT2D eigenvalue weighted by atomic mass is 10.4. The third-order valence-electron chi connectivity index (χ3n) is 1.00. The molecule has 1 aromatic heterocycles. The van der Waals surface area contributed by atoms with Gasteiger partial charge < -0.3 is 5.11 Å². The Labute approximate surface area is 57.6 Å². The van der Waals surface area contributed by atoms with Crippen LogP contribution >= 0.6 is 0 Å². The molecule has 4 heteroatoms. The Bertz CT molecular complexity index is 220. The Morgan fingerprint density at radius 3 is 2.50 bits per heavy atom. The number of hydrogen-bond donors (Lipinski definition) is 1. The highest BCUT2D eigenvalue weighted by atomic mass is 16.3. The predicted octanol–water partition coefficient (Wildman–Crippen LogP) is -0.219. The third kappa shape index (κ3) is 1.35. The van der Waals surface area contributed by atoms with Crippen molar-refractivity contribution in [1.82, 2.24) is 9.97 Å². The first-order valence-corrected chi connectivity index (χ1v) is 2.74. The lowest BCUT2D eigenvalue weighted by Gasteiger charge is -1.91. The van der Waals surface area contributed by atoms with Crippen molar-refractivity contribution < 1.29 is 9.90 Å². The van der Waals surface area contributed by atoms with Crippen molar-refractivity contribution in [3.63, 3.8) is 0 Å². The maximum absolute atomic E-state index is 10.1. The molecule has 0 aliphatic heterocycles. The monoisotopic (exact) mass is 138 g/mol. The van der Waals surface area contributed by atoms with Gasteiger partial charge in [-0.05, 0) is 0 Å². The van der Waals surface area contributed by atoms with Crippen LogP contribution < -0.4 is 0 Å². The number of carbonyl (C=O) groups is 1. The zero-order chi connectivity index (χ0) is 7.40. The number of nitrogens with zero attached hydrogens (tertiary/aromatic N) is 2. The van der Waals surface area contributed by atoms with E-state index in [0.29, 0.717) is 17.7 Å². The normalized spacial score (nSPS) is 9.30. The minimum atomic E-state index is -0.195. The zero-order valence-electron chi connectivity index (χ0n) is 5.19. The van der Waals surface area contributed by atoms with Gasteiger partial charge in [-0.1, -0.05) is 0 Å². The number of rotatable bonds is 2. The lowest BCUT2D eigenvalue weighted by molar-refractivity contribution is 0.112. The molecule has 0 amide bonds. The van der Waals surface area contributed by atoms with Crippen molar-refractivity contribution in [1.29, 1.82) is 0 Å². The molecule has 52 valence electrons. The molecule has 0 aromatic carbocycles. The summed E-state index contributed by atoms with van der Waals surface area (Å²) in [5, 5.41) is 8.49. The van der Waals surface area contributed by atoms with Gasteiger partial charge in [0, 0.05) is 12.4 Å². The van der Waals surface area contributed by atoms with E-state index in [-0.39, 0.29) is 6.61 Å².